The van der Waals surface area contributed by atoms with Gasteiger partial charge >= 0.3 is 0 Å². The summed E-state index contributed by atoms with van der Waals surface area (Å²) >= 11 is 0. The molecule has 0 aliphatic heterocycles. The summed E-state index contributed by atoms with van der Waals surface area (Å²) in [6, 6.07) is 16.2. The van der Waals surface area contributed by atoms with Crippen molar-refractivity contribution in [2.75, 3.05) is 13.2 Å². The van der Waals surface area contributed by atoms with E-state index in [1.54, 1.807) is 6.08 Å². The van der Waals surface area contributed by atoms with Gasteiger partial charge in [-0.05, 0) is 50.6 Å². The van der Waals surface area contributed by atoms with Crippen molar-refractivity contribution < 1.29 is 9.53 Å². The fourth-order valence-electron chi connectivity index (χ4n) is 3.12. The molecule has 2 aromatic carbocycles. The summed E-state index contributed by atoms with van der Waals surface area (Å²) in [4.78, 5) is 16.4. The zero-order valence-corrected chi connectivity index (χ0v) is 16.5. The monoisotopic (exact) mass is 377 g/mol. The van der Waals surface area contributed by atoms with Gasteiger partial charge in [-0.1, -0.05) is 35.9 Å². The largest absolute Gasteiger partial charge is 0.494 e. The van der Waals surface area contributed by atoms with Gasteiger partial charge < -0.3 is 14.6 Å². The SMILES string of the molecule is C/C=C/C(=O)NCCc1nc2ccccc2n1CCCOc1ccc(C)cc1. The molecule has 3 aromatic rings. The molecule has 0 aliphatic rings. The molecule has 146 valence electrons. The van der Waals surface area contributed by atoms with Gasteiger partial charge in [0.1, 0.15) is 11.6 Å². The van der Waals surface area contributed by atoms with Crippen molar-refractivity contribution in [2.45, 2.75) is 33.2 Å². The third-order valence-corrected chi connectivity index (χ3v) is 4.52. The molecule has 0 bridgehead atoms. The minimum absolute atomic E-state index is 0.0725. The maximum atomic E-state index is 11.6. The predicted molar refractivity (Wildman–Crippen MR) is 113 cm³/mol. The van der Waals surface area contributed by atoms with Crippen molar-refractivity contribution in [2.24, 2.45) is 0 Å². The number of nitrogens with zero attached hydrogens (tertiary/aromatic N) is 2. The fourth-order valence-corrected chi connectivity index (χ4v) is 3.12. The Balaban J connectivity index is 1.61. The predicted octanol–water partition coefficient (Wildman–Crippen LogP) is 4.05. The van der Waals surface area contributed by atoms with Crippen LogP contribution in [-0.4, -0.2) is 28.6 Å². The van der Waals surface area contributed by atoms with Crippen LogP contribution in [0.1, 0.15) is 24.7 Å². The number of imidazole rings is 1. The molecule has 1 aromatic heterocycles. The van der Waals surface area contributed by atoms with Gasteiger partial charge in [-0.25, -0.2) is 4.98 Å². The standard InChI is InChI=1S/C23H27N3O2/c1-3-7-23(27)24-15-14-22-25-20-8-4-5-9-21(20)26(22)16-6-17-28-19-12-10-18(2)11-13-19/h3-5,7-13H,6,14-17H2,1-2H3,(H,24,27)/b7-3+. The Labute approximate surface area is 166 Å². The van der Waals surface area contributed by atoms with Gasteiger partial charge in [0.25, 0.3) is 0 Å². The Hall–Kier alpha value is -3.08. The number of rotatable bonds is 9. The summed E-state index contributed by atoms with van der Waals surface area (Å²) in [5.74, 6) is 1.81. The molecule has 3 rings (SSSR count). The zero-order chi connectivity index (χ0) is 19.8. The summed E-state index contributed by atoms with van der Waals surface area (Å²) < 4.78 is 8.08. The number of fused-ring (bicyclic) bond motifs is 1. The van der Waals surface area contributed by atoms with Gasteiger partial charge in [0.15, 0.2) is 0 Å². The van der Waals surface area contributed by atoms with Gasteiger partial charge in [-0.3, -0.25) is 4.79 Å². The number of nitrogens with one attached hydrogen (secondary N) is 1. The number of carbonyl (C=O) groups excluding carboxylic acids is 1. The Morgan fingerprint density at radius 3 is 2.75 bits per heavy atom. The molecule has 0 radical (unpaired) electrons. The number of hydrogen-bond donors (Lipinski definition) is 1. The lowest BCUT2D eigenvalue weighted by atomic mass is 10.2. The van der Waals surface area contributed by atoms with E-state index in [1.807, 2.05) is 37.3 Å². The lowest BCUT2D eigenvalue weighted by Gasteiger charge is -2.11. The van der Waals surface area contributed by atoms with Crippen LogP contribution < -0.4 is 10.1 Å². The summed E-state index contributed by atoms with van der Waals surface area (Å²) in [6.07, 6.45) is 4.84. The van der Waals surface area contributed by atoms with Crippen LogP contribution in [0.3, 0.4) is 0 Å². The number of benzene rings is 2. The van der Waals surface area contributed by atoms with Crippen LogP contribution in [0.2, 0.25) is 0 Å². The highest BCUT2D eigenvalue weighted by molar-refractivity contribution is 5.87. The summed E-state index contributed by atoms with van der Waals surface area (Å²) in [5.41, 5.74) is 3.33. The first-order valence-electron chi connectivity index (χ1n) is 9.71. The number of para-hydroxylation sites is 2. The van der Waals surface area contributed by atoms with Crippen molar-refractivity contribution in [1.29, 1.82) is 0 Å². The van der Waals surface area contributed by atoms with Crippen LogP contribution in [-0.2, 0) is 17.8 Å². The van der Waals surface area contributed by atoms with Crippen LogP contribution in [0, 0.1) is 6.92 Å². The van der Waals surface area contributed by atoms with E-state index in [1.165, 1.54) is 11.6 Å². The number of allylic oxidation sites excluding steroid dienone is 1. The molecule has 28 heavy (non-hydrogen) atoms. The summed E-state index contributed by atoms with van der Waals surface area (Å²) in [7, 11) is 0. The number of hydrogen-bond acceptors (Lipinski definition) is 3. The lowest BCUT2D eigenvalue weighted by Crippen LogP contribution is -2.24. The molecule has 1 amide bonds. The molecule has 0 fully saturated rings. The molecule has 0 saturated carbocycles. The summed E-state index contributed by atoms with van der Waals surface area (Å²) in [5, 5.41) is 2.89. The van der Waals surface area contributed by atoms with E-state index >= 15 is 0 Å². The molecule has 5 nitrogen and oxygen atoms in total. The van der Waals surface area contributed by atoms with E-state index in [2.05, 4.69) is 35.0 Å². The molecule has 1 N–H and O–H groups in total. The number of ether oxygens (including phenoxy) is 1. The van der Waals surface area contributed by atoms with E-state index in [4.69, 9.17) is 9.72 Å². The van der Waals surface area contributed by atoms with Crippen LogP contribution in [0.15, 0.2) is 60.7 Å². The highest BCUT2D eigenvalue weighted by atomic mass is 16.5. The fraction of sp³-hybridized carbons (Fsp3) is 0.304. The van der Waals surface area contributed by atoms with Crippen LogP contribution in [0.25, 0.3) is 11.0 Å². The molecule has 0 unspecified atom stereocenters. The Kier molecular flexibility index (Phi) is 6.84. The van der Waals surface area contributed by atoms with Gasteiger partial charge in [-0.2, -0.15) is 0 Å². The Morgan fingerprint density at radius 2 is 1.96 bits per heavy atom. The maximum Gasteiger partial charge on any atom is 0.243 e. The van der Waals surface area contributed by atoms with Crippen LogP contribution >= 0.6 is 0 Å². The lowest BCUT2D eigenvalue weighted by molar-refractivity contribution is -0.116. The highest BCUT2D eigenvalue weighted by Gasteiger charge is 2.10. The molecule has 0 atom stereocenters. The van der Waals surface area contributed by atoms with Gasteiger partial charge in [0.2, 0.25) is 5.91 Å². The summed E-state index contributed by atoms with van der Waals surface area (Å²) in [6.45, 7) is 5.93. The average Bonchev–Trinajstić information content (AvgIpc) is 3.04. The zero-order valence-electron chi connectivity index (χ0n) is 16.5. The quantitative estimate of drug-likeness (QED) is 0.452. The van der Waals surface area contributed by atoms with E-state index in [-0.39, 0.29) is 5.91 Å². The number of amides is 1. The third-order valence-electron chi connectivity index (χ3n) is 4.52. The highest BCUT2D eigenvalue weighted by Crippen LogP contribution is 2.17. The minimum Gasteiger partial charge on any atom is -0.494 e. The van der Waals surface area contributed by atoms with Crippen molar-refractivity contribution >= 4 is 16.9 Å². The van der Waals surface area contributed by atoms with E-state index in [0.717, 1.165) is 35.6 Å². The van der Waals surface area contributed by atoms with E-state index < -0.39 is 0 Å². The molecule has 1 heterocycles. The third kappa shape index (κ3) is 5.22. The first-order chi connectivity index (χ1) is 13.7. The topological polar surface area (TPSA) is 56.2 Å². The smallest absolute Gasteiger partial charge is 0.243 e. The number of carbonyl (C=O) groups is 1. The number of aromatic nitrogens is 2. The first kappa shape index (κ1) is 19.7. The first-order valence-corrected chi connectivity index (χ1v) is 9.71. The second-order valence-corrected chi connectivity index (χ2v) is 6.72. The van der Waals surface area contributed by atoms with Crippen molar-refractivity contribution in [3.8, 4) is 5.75 Å². The van der Waals surface area contributed by atoms with Crippen molar-refractivity contribution in [3.05, 3.63) is 72.1 Å². The van der Waals surface area contributed by atoms with E-state index in [9.17, 15) is 4.79 Å². The van der Waals surface area contributed by atoms with Crippen LogP contribution in [0.5, 0.6) is 5.75 Å². The second kappa shape index (κ2) is 9.74. The van der Waals surface area contributed by atoms with Crippen molar-refractivity contribution in [3.63, 3.8) is 0 Å². The normalized spacial score (nSPS) is 11.2. The minimum atomic E-state index is -0.0725. The molecule has 0 spiro atoms. The average molecular weight is 377 g/mol. The van der Waals surface area contributed by atoms with Gasteiger partial charge in [0, 0.05) is 19.5 Å². The molecular weight excluding hydrogens is 350 g/mol. The van der Waals surface area contributed by atoms with E-state index in [0.29, 0.717) is 19.6 Å². The molecule has 0 saturated heterocycles. The van der Waals surface area contributed by atoms with Crippen molar-refractivity contribution in [1.82, 2.24) is 14.9 Å². The van der Waals surface area contributed by atoms with Crippen LogP contribution in [0.4, 0.5) is 0 Å². The molecule has 0 aliphatic carbocycles. The molecular formula is C23H27N3O2. The van der Waals surface area contributed by atoms with Gasteiger partial charge in [-0.15, -0.1) is 0 Å². The second-order valence-electron chi connectivity index (χ2n) is 6.72. The Morgan fingerprint density at radius 1 is 1.18 bits per heavy atom. The maximum absolute atomic E-state index is 11.6. The molecule has 5 heteroatoms. The Bertz CT molecular complexity index is 942. The van der Waals surface area contributed by atoms with Gasteiger partial charge in [0.05, 0.1) is 17.6 Å². The number of aryl methyl sites for hydroxylation is 2.